The number of fused-ring (bicyclic) bond motifs is 3. The molecule has 0 radical (unpaired) electrons. The Hall–Kier alpha value is -1.62. The highest BCUT2D eigenvalue weighted by Crippen LogP contribution is 2.74. The molecule has 4 aliphatic carbocycles. The third-order valence-corrected chi connectivity index (χ3v) is 9.87. The van der Waals surface area contributed by atoms with E-state index in [2.05, 4.69) is 13.5 Å². The maximum absolute atomic E-state index is 12.7. The zero-order valence-electron chi connectivity index (χ0n) is 18.8. The standard InChI is InChI=1S/C25H36O5/c1-6-15(2)20(26)30-19-16(3)17-8-13-25(29)23(5)11-7-10-22(4,21(27)28)18(23)9-12-24(19,25)14-17/h6,17-19,29H,3,7-14H2,1-2,4-5H3,(H,27,28)/b15-6+/t17-,18-,19+,22-,23-,24+,25-/m1/s1. The van der Waals surface area contributed by atoms with Gasteiger partial charge in [0.1, 0.15) is 6.10 Å². The molecule has 2 bridgehead atoms. The fourth-order valence-corrected chi connectivity index (χ4v) is 8.02. The first-order chi connectivity index (χ1) is 14.0. The fraction of sp³-hybridized carbons (Fsp3) is 0.760. The number of carbonyl (C=O) groups is 2. The van der Waals surface area contributed by atoms with Crippen LogP contribution in [0.15, 0.2) is 23.8 Å². The molecule has 0 aliphatic heterocycles. The van der Waals surface area contributed by atoms with E-state index < -0.39 is 33.9 Å². The van der Waals surface area contributed by atoms with Crippen LogP contribution in [0.1, 0.15) is 79.1 Å². The smallest absolute Gasteiger partial charge is 0.333 e. The van der Waals surface area contributed by atoms with Crippen LogP contribution >= 0.6 is 0 Å². The van der Waals surface area contributed by atoms with E-state index in [4.69, 9.17) is 4.74 Å². The summed E-state index contributed by atoms with van der Waals surface area (Å²) < 4.78 is 6.06. The van der Waals surface area contributed by atoms with Crippen molar-refractivity contribution in [1.29, 1.82) is 0 Å². The lowest BCUT2D eigenvalue weighted by molar-refractivity contribution is -0.278. The molecule has 7 atom stereocenters. The van der Waals surface area contributed by atoms with Crippen molar-refractivity contribution in [3.63, 3.8) is 0 Å². The normalized spacial score (nSPS) is 48.0. The first-order valence-corrected chi connectivity index (χ1v) is 11.5. The predicted molar refractivity (Wildman–Crippen MR) is 114 cm³/mol. The fourth-order valence-electron chi connectivity index (χ4n) is 8.02. The van der Waals surface area contributed by atoms with Crippen LogP contribution in [0.2, 0.25) is 0 Å². The number of carboxylic acid groups (broad SMARTS) is 1. The summed E-state index contributed by atoms with van der Waals surface area (Å²) in [5, 5.41) is 22.6. The van der Waals surface area contributed by atoms with Gasteiger partial charge in [-0.3, -0.25) is 4.79 Å². The van der Waals surface area contributed by atoms with Gasteiger partial charge in [0.05, 0.1) is 11.0 Å². The van der Waals surface area contributed by atoms with Crippen molar-refractivity contribution in [2.75, 3.05) is 0 Å². The van der Waals surface area contributed by atoms with Crippen LogP contribution in [-0.4, -0.2) is 33.9 Å². The molecule has 5 heteroatoms. The molecule has 4 rings (SSSR count). The number of carboxylic acids is 1. The second-order valence-electron chi connectivity index (χ2n) is 10.9. The molecule has 5 nitrogen and oxygen atoms in total. The van der Waals surface area contributed by atoms with Crippen molar-refractivity contribution in [3.05, 3.63) is 23.8 Å². The number of allylic oxidation sites excluding steroid dienone is 1. The average Bonchev–Trinajstić information content (AvgIpc) is 2.92. The van der Waals surface area contributed by atoms with Crippen LogP contribution in [0.3, 0.4) is 0 Å². The molecule has 0 aromatic rings. The highest BCUT2D eigenvalue weighted by molar-refractivity contribution is 5.88. The van der Waals surface area contributed by atoms with E-state index >= 15 is 0 Å². The summed E-state index contributed by atoms with van der Waals surface area (Å²) in [5.74, 6) is -0.942. The molecule has 30 heavy (non-hydrogen) atoms. The lowest BCUT2D eigenvalue weighted by atomic mass is 9.38. The molecule has 0 aromatic heterocycles. The Morgan fingerprint density at radius 1 is 1.17 bits per heavy atom. The number of esters is 1. The van der Waals surface area contributed by atoms with Gasteiger partial charge in [0.15, 0.2) is 0 Å². The molecular weight excluding hydrogens is 380 g/mol. The number of ether oxygens (including phenoxy) is 1. The van der Waals surface area contributed by atoms with Crippen LogP contribution in [0.25, 0.3) is 0 Å². The molecule has 0 aromatic carbocycles. The van der Waals surface area contributed by atoms with E-state index in [1.54, 1.807) is 13.0 Å². The summed E-state index contributed by atoms with van der Waals surface area (Å²) in [6.07, 6.45) is 7.12. The Morgan fingerprint density at radius 3 is 2.50 bits per heavy atom. The minimum absolute atomic E-state index is 0.0917. The van der Waals surface area contributed by atoms with Crippen LogP contribution in [0, 0.1) is 28.1 Å². The van der Waals surface area contributed by atoms with Gasteiger partial charge in [-0.05, 0) is 83.1 Å². The Kier molecular flexibility index (Phi) is 4.82. The number of hydrogen-bond donors (Lipinski definition) is 2. The third-order valence-electron chi connectivity index (χ3n) is 9.87. The topological polar surface area (TPSA) is 83.8 Å². The molecule has 1 spiro atoms. The van der Waals surface area contributed by atoms with Gasteiger partial charge in [-0.25, -0.2) is 4.79 Å². The van der Waals surface area contributed by atoms with E-state index in [0.29, 0.717) is 24.8 Å². The monoisotopic (exact) mass is 416 g/mol. The SMILES string of the molecule is C=C1[C@@H]2CC[C@]3(O)[C@@](CC[C@@H]4[C@](C)(C(=O)O)CCC[C@]43C)(C2)[C@H]1OC(=O)/C(C)=C/C. The molecular formula is C25H36O5. The van der Waals surface area contributed by atoms with E-state index in [9.17, 15) is 19.8 Å². The second kappa shape index (κ2) is 6.69. The first-order valence-electron chi connectivity index (χ1n) is 11.5. The van der Waals surface area contributed by atoms with E-state index in [1.165, 1.54) is 0 Å². The number of rotatable bonds is 3. The summed E-state index contributed by atoms with van der Waals surface area (Å²) in [4.78, 5) is 25.0. The Bertz CT molecular complexity index is 829. The van der Waals surface area contributed by atoms with Crippen molar-refractivity contribution in [1.82, 2.24) is 0 Å². The number of aliphatic carboxylic acids is 1. The van der Waals surface area contributed by atoms with Gasteiger partial charge in [-0.15, -0.1) is 0 Å². The van der Waals surface area contributed by atoms with Crippen LogP contribution in [0.5, 0.6) is 0 Å². The molecule has 166 valence electrons. The van der Waals surface area contributed by atoms with Gasteiger partial charge in [0.25, 0.3) is 0 Å². The molecule has 0 heterocycles. The lowest BCUT2D eigenvalue weighted by Crippen LogP contribution is -2.71. The van der Waals surface area contributed by atoms with E-state index in [0.717, 1.165) is 37.7 Å². The summed E-state index contributed by atoms with van der Waals surface area (Å²) >= 11 is 0. The van der Waals surface area contributed by atoms with Gasteiger partial charge < -0.3 is 14.9 Å². The minimum Gasteiger partial charge on any atom is -0.481 e. The van der Waals surface area contributed by atoms with Crippen LogP contribution < -0.4 is 0 Å². The van der Waals surface area contributed by atoms with Gasteiger partial charge in [0, 0.05) is 16.4 Å². The van der Waals surface area contributed by atoms with Gasteiger partial charge in [-0.1, -0.05) is 26.0 Å². The van der Waals surface area contributed by atoms with Crippen molar-refractivity contribution in [3.8, 4) is 0 Å². The lowest BCUT2D eigenvalue weighted by Gasteiger charge is -2.68. The Labute approximate surface area is 179 Å². The Balaban J connectivity index is 1.80. The number of hydrogen-bond acceptors (Lipinski definition) is 4. The van der Waals surface area contributed by atoms with Gasteiger partial charge >= 0.3 is 11.9 Å². The van der Waals surface area contributed by atoms with Crippen molar-refractivity contribution in [2.24, 2.45) is 28.1 Å². The molecule has 4 saturated carbocycles. The average molecular weight is 417 g/mol. The molecule has 0 amide bonds. The molecule has 4 aliphatic rings. The van der Waals surface area contributed by atoms with Crippen molar-refractivity contribution >= 4 is 11.9 Å². The summed E-state index contributed by atoms with van der Waals surface area (Å²) in [6, 6.07) is 0. The zero-order valence-corrected chi connectivity index (χ0v) is 18.8. The predicted octanol–water partition coefficient (Wildman–Crippen LogP) is 4.64. The summed E-state index contributed by atoms with van der Waals surface area (Å²) in [6.45, 7) is 11.8. The highest BCUT2D eigenvalue weighted by Gasteiger charge is 2.75. The van der Waals surface area contributed by atoms with E-state index in [1.807, 2.05) is 13.8 Å². The maximum atomic E-state index is 12.7. The summed E-state index contributed by atoms with van der Waals surface area (Å²) in [5.41, 5.74) is -1.50. The zero-order chi connectivity index (χ0) is 22.1. The second-order valence-corrected chi connectivity index (χ2v) is 10.9. The van der Waals surface area contributed by atoms with Crippen molar-refractivity contribution in [2.45, 2.75) is 90.8 Å². The Morgan fingerprint density at radius 2 is 1.87 bits per heavy atom. The number of aliphatic hydroxyl groups is 1. The third kappa shape index (κ3) is 2.44. The molecule has 0 saturated heterocycles. The quantitative estimate of drug-likeness (QED) is 0.398. The van der Waals surface area contributed by atoms with Gasteiger partial charge in [-0.2, -0.15) is 0 Å². The highest BCUT2D eigenvalue weighted by atomic mass is 16.5. The largest absolute Gasteiger partial charge is 0.481 e. The molecule has 4 fully saturated rings. The molecule has 2 N–H and O–H groups in total. The van der Waals surface area contributed by atoms with E-state index in [-0.39, 0.29) is 17.8 Å². The first kappa shape index (κ1) is 21.6. The van der Waals surface area contributed by atoms with Gasteiger partial charge in [0.2, 0.25) is 0 Å². The maximum Gasteiger partial charge on any atom is 0.333 e. The number of carbonyl (C=O) groups excluding carboxylic acids is 1. The summed E-state index contributed by atoms with van der Waals surface area (Å²) in [7, 11) is 0. The van der Waals surface area contributed by atoms with Crippen molar-refractivity contribution < 1.29 is 24.5 Å². The molecule has 0 unspecified atom stereocenters. The van der Waals surface area contributed by atoms with Crippen LogP contribution in [0.4, 0.5) is 0 Å². The van der Waals surface area contributed by atoms with Crippen LogP contribution in [-0.2, 0) is 14.3 Å². The minimum atomic E-state index is -1.06.